The van der Waals surface area contributed by atoms with Gasteiger partial charge in [0, 0.05) is 14.2 Å². The molecule has 0 saturated carbocycles. The predicted molar refractivity (Wildman–Crippen MR) is 82.0 cm³/mol. The first-order valence-electron chi connectivity index (χ1n) is 6.15. The molecule has 0 atom stereocenters. The Morgan fingerprint density at radius 2 is 1.37 bits per heavy atom. The summed E-state index contributed by atoms with van der Waals surface area (Å²) in [4.78, 5) is 0. The first-order chi connectivity index (χ1) is 9.26. The summed E-state index contributed by atoms with van der Waals surface area (Å²) in [7, 11) is 0.859. The third kappa shape index (κ3) is 2.54. The third-order valence-electron chi connectivity index (χ3n) is 3.26. The van der Waals surface area contributed by atoms with Crippen molar-refractivity contribution in [3.05, 3.63) is 66.7 Å². The van der Waals surface area contributed by atoms with Crippen molar-refractivity contribution in [1.82, 2.24) is 0 Å². The Balaban J connectivity index is 2.52. The summed E-state index contributed by atoms with van der Waals surface area (Å²) < 4.78 is 11.6. The average molecular weight is 270 g/mol. The van der Waals surface area contributed by atoms with E-state index in [0.29, 0.717) is 0 Å². The molecule has 3 heteroatoms. The van der Waals surface area contributed by atoms with Crippen LogP contribution in [-0.2, 0) is 8.85 Å². The van der Waals surface area contributed by atoms with Crippen molar-refractivity contribution < 1.29 is 8.85 Å². The van der Waals surface area contributed by atoms with Crippen molar-refractivity contribution >= 4 is 25.0 Å². The van der Waals surface area contributed by atoms with Crippen molar-refractivity contribution in [3.63, 3.8) is 0 Å². The van der Waals surface area contributed by atoms with Crippen LogP contribution in [0, 0.1) is 0 Å². The minimum Gasteiger partial charge on any atom is -0.391 e. The van der Waals surface area contributed by atoms with Crippen LogP contribution in [0.2, 0.25) is 0 Å². The number of benzene rings is 2. The summed E-state index contributed by atoms with van der Waals surface area (Å²) in [5, 5.41) is 2.20. The molecule has 0 aliphatic rings. The molecule has 0 aliphatic carbocycles. The predicted octanol–water partition coefficient (Wildman–Crippen LogP) is 2.18. The second-order valence-electron chi connectivity index (χ2n) is 4.22. The molecule has 0 fully saturated rings. The molecule has 0 unspecified atom stereocenters. The fraction of sp³-hybridized carbons (Fsp3) is 0.125. The highest BCUT2D eigenvalue weighted by atomic mass is 28.4. The van der Waals surface area contributed by atoms with Gasteiger partial charge in [0.1, 0.15) is 0 Å². The monoisotopic (exact) mass is 270 g/mol. The Kier molecular flexibility index (Phi) is 4.32. The smallest absolute Gasteiger partial charge is 0.391 e. The lowest BCUT2D eigenvalue weighted by molar-refractivity contribution is 0.272. The van der Waals surface area contributed by atoms with E-state index in [1.807, 2.05) is 36.4 Å². The van der Waals surface area contributed by atoms with Crippen LogP contribution >= 0.6 is 0 Å². The molecule has 2 nitrogen and oxygen atoms in total. The van der Waals surface area contributed by atoms with Gasteiger partial charge in [0.25, 0.3) is 0 Å². The molecule has 0 amide bonds. The lowest BCUT2D eigenvalue weighted by Gasteiger charge is -2.28. The molecule has 19 heavy (non-hydrogen) atoms. The maximum absolute atomic E-state index is 5.82. The van der Waals surface area contributed by atoms with Crippen LogP contribution in [0.25, 0.3) is 6.08 Å². The normalized spacial score (nSPS) is 11.3. The van der Waals surface area contributed by atoms with Gasteiger partial charge in [0.15, 0.2) is 0 Å². The molecule has 0 radical (unpaired) electrons. The highest BCUT2D eigenvalue weighted by molar-refractivity contribution is 6.92. The van der Waals surface area contributed by atoms with E-state index >= 15 is 0 Å². The molecule has 0 saturated heterocycles. The van der Waals surface area contributed by atoms with Gasteiger partial charge in [-0.3, -0.25) is 0 Å². The van der Waals surface area contributed by atoms with Gasteiger partial charge in [-0.25, -0.2) is 0 Å². The van der Waals surface area contributed by atoms with E-state index in [2.05, 4.69) is 30.8 Å². The molecule has 0 N–H and O–H groups in total. The second kappa shape index (κ2) is 5.97. The molecule has 2 rings (SSSR count). The zero-order valence-electron chi connectivity index (χ0n) is 11.3. The van der Waals surface area contributed by atoms with Crippen molar-refractivity contribution in [1.29, 1.82) is 0 Å². The Morgan fingerprint density at radius 3 is 1.84 bits per heavy atom. The molecule has 0 heterocycles. The number of hydrogen-bond acceptors (Lipinski definition) is 2. The summed E-state index contributed by atoms with van der Waals surface area (Å²) >= 11 is 0. The summed E-state index contributed by atoms with van der Waals surface area (Å²) in [5.74, 6) is 0. The van der Waals surface area contributed by atoms with E-state index in [4.69, 9.17) is 8.85 Å². The first-order valence-corrected chi connectivity index (χ1v) is 7.97. The van der Waals surface area contributed by atoms with Gasteiger partial charge in [-0.05, 0) is 15.9 Å². The second-order valence-corrected chi connectivity index (χ2v) is 7.42. The summed E-state index contributed by atoms with van der Waals surface area (Å²) in [6.45, 7) is 3.77. The highest BCUT2D eigenvalue weighted by Crippen LogP contribution is 2.09. The maximum Gasteiger partial charge on any atom is 0.406 e. The fourth-order valence-electron chi connectivity index (χ4n) is 2.22. The molecule has 0 bridgehead atoms. The Bertz CT molecular complexity index is 530. The topological polar surface area (TPSA) is 18.5 Å². The van der Waals surface area contributed by atoms with Gasteiger partial charge in [-0.15, -0.1) is 0 Å². The van der Waals surface area contributed by atoms with Gasteiger partial charge in [-0.2, -0.15) is 0 Å². The van der Waals surface area contributed by atoms with E-state index in [-0.39, 0.29) is 0 Å². The molecule has 0 aromatic heterocycles. The van der Waals surface area contributed by atoms with Crippen LogP contribution in [0.15, 0.2) is 61.2 Å². The van der Waals surface area contributed by atoms with E-state index in [1.54, 1.807) is 14.2 Å². The third-order valence-corrected chi connectivity index (χ3v) is 6.59. The maximum atomic E-state index is 5.82. The van der Waals surface area contributed by atoms with Gasteiger partial charge in [0.05, 0.1) is 0 Å². The molecule has 98 valence electrons. The van der Waals surface area contributed by atoms with Gasteiger partial charge in [0.2, 0.25) is 0 Å². The Hall–Kier alpha value is -1.68. The zero-order valence-corrected chi connectivity index (χ0v) is 12.3. The Labute approximate surface area is 115 Å². The largest absolute Gasteiger partial charge is 0.406 e. The SMILES string of the molecule is C=Cc1ccc([Si](OC)(OC)c2ccccc2)cc1. The van der Waals surface area contributed by atoms with Crippen LogP contribution in [-0.4, -0.2) is 22.8 Å². The molecule has 2 aromatic rings. The molecule has 0 aliphatic heterocycles. The Morgan fingerprint density at radius 1 is 0.842 bits per heavy atom. The quantitative estimate of drug-likeness (QED) is 0.775. The zero-order chi connectivity index (χ0) is 13.7. The van der Waals surface area contributed by atoms with Crippen LogP contribution in [0.1, 0.15) is 5.56 Å². The van der Waals surface area contributed by atoms with Crippen LogP contribution in [0.4, 0.5) is 0 Å². The molecular weight excluding hydrogens is 252 g/mol. The van der Waals surface area contributed by atoms with Crippen LogP contribution < -0.4 is 10.4 Å². The van der Waals surface area contributed by atoms with Crippen molar-refractivity contribution in [3.8, 4) is 0 Å². The minimum absolute atomic E-state index is 1.09. The summed E-state index contributed by atoms with van der Waals surface area (Å²) in [6, 6.07) is 18.3. The van der Waals surface area contributed by atoms with Gasteiger partial charge < -0.3 is 8.85 Å². The molecular formula is C16H18O2Si. The first kappa shape index (κ1) is 13.7. The number of hydrogen-bond donors (Lipinski definition) is 0. The van der Waals surface area contributed by atoms with Crippen molar-refractivity contribution in [2.24, 2.45) is 0 Å². The van der Waals surface area contributed by atoms with Crippen LogP contribution in [0.3, 0.4) is 0 Å². The average Bonchev–Trinajstić information content (AvgIpc) is 2.51. The van der Waals surface area contributed by atoms with E-state index in [0.717, 1.165) is 15.9 Å². The van der Waals surface area contributed by atoms with Crippen LogP contribution in [0.5, 0.6) is 0 Å². The molecule has 2 aromatic carbocycles. The van der Waals surface area contributed by atoms with E-state index in [9.17, 15) is 0 Å². The summed E-state index contributed by atoms with van der Waals surface area (Å²) in [5.41, 5.74) is 1.09. The highest BCUT2D eigenvalue weighted by Gasteiger charge is 2.40. The van der Waals surface area contributed by atoms with Gasteiger partial charge >= 0.3 is 8.56 Å². The van der Waals surface area contributed by atoms with E-state index in [1.165, 1.54) is 0 Å². The lowest BCUT2D eigenvalue weighted by atomic mass is 10.2. The van der Waals surface area contributed by atoms with Gasteiger partial charge in [-0.1, -0.05) is 67.3 Å². The summed E-state index contributed by atoms with van der Waals surface area (Å²) in [6.07, 6.45) is 1.83. The fourth-order valence-corrected chi connectivity index (χ4v) is 4.90. The lowest BCUT2D eigenvalue weighted by Crippen LogP contribution is -2.62. The minimum atomic E-state index is -2.57. The molecule has 0 spiro atoms. The van der Waals surface area contributed by atoms with Crippen molar-refractivity contribution in [2.75, 3.05) is 14.2 Å². The standard InChI is InChI=1S/C16H18O2Si/c1-4-14-10-12-16(13-11-14)19(17-2,18-3)15-8-6-5-7-9-15/h4-13H,1H2,2-3H3. The van der Waals surface area contributed by atoms with Crippen molar-refractivity contribution in [2.45, 2.75) is 0 Å². The number of rotatable bonds is 5. The van der Waals surface area contributed by atoms with E-state index < -0.39 is 8.56 Å².